The van der Waals surface area contributed by atoms with E-state index in [4.69, 9.17) is 15.2 Å². The van der Waals surface area contributed by atoms with E-state index in [1.165, 1.54) is 7.11 Å². The maximum Gasteiger partial charge on any atom is 0.253 e. The SMILES string of the molecule is COC(CN)C(=O)N1CCCC(C)(OC)C1. The summed E-state index contributed by atoms with van der Waals surface area (Å²) in [7, 11) is 3.19. The van der Waals surface area contributed by atoms with E-state index in [2.05, 4.69) is 0 Å². The minimum Gasteiger partial charge on any atom is -0.377 e. The maximum absolute atomic E-state index is 12.0. The van der Waals surface area contributed by atoms with Crippen molar-refractivity contribution in [2.75, 3.05) is 33.9 Å². The Morgan fingerprint density at radius 1 is 1.56 bits per heavy atom. The fraction of sp³-hybridized carbons (Fsp3) is 0.909. The van der Waals surface area contributed by atoms with Crippen LogP contribution in [-0.2, 0) is 14.3 Å². The number of piperidine rings is 1. The van der Waals surface area contributed by atoms with E-state index in [0.29, 0.717) is 6.54 Å². The van der Waals surface area contributed by atoms with Gasteiger partial charge in [0.1, 0.15) is 6.10 Å². The molecule has 0 radical (unpaired) electrons. The van der Waals surface area contributed by atoms with Gasteiger partial charge in [0.05, 0.1) is 5.60 Å². The van der Waals surface area contributed by atoms with Gasteiger partial charge in [-0.15, -0.1) is 0 Å². The van der Waals surface area contributed by atoms with Crippen molar-refractivity contribution in [2.45, 2.75) is 31.5 Å². The Morgan fingerprint density at radius 3 is 2.75 bits per heavy atom. The summed E-state index contributed by atoms with van der Waals surface area (Å²) in [5.41, 5.74) is 5.25. The summed E-state index contributed by atoms with van der Waals surface area (Å²) in [6, 6.07) is 0. The largest absolute Gasteiger partial charge is 0.377 e. The number of hydrogen-bond acceptors (Lipinski definition) is 4. The van der Waals surface area contributed by atoms with Crippen LogP contribution in [0.3, 0.4) is 0 Å². The Morgan fingerprint density at radius 2 is 2.25 bits per heavy atom. The lowest BCUT2D eigenvalue weighted by Crippen LogP contribution is -2.53. The number of nitrogens with two attached hydrogens (primary N) is 1. The Hall–Kier alpha value is -0.650. The fourth-order valence-corrected chi connectivity index (χ4v) is 2.06. The number of methoxy groups -OCH3 is 2. The molecule has 0 bridgehead atoms. The molecule has 0 aromatic heterocycles. The van der Waals surface area contributed by atoms with Gasteiger partial charge in [-0.25, -0.2) is 0 Å². The number of amides is 1. The summed E-state index contributed by atoms with van der Waals surface area (Å²) in [6.45, 7) is 3.62. The van der Waals surface area contributed by atoms with Crippen LogP contribution in [0.25, 0.3) is 0 Å². The Labute approximate surface area is 96.9 Å². The quantitative estimate of drug-likeness (QED) is 0.737. The molecule has 1 saturated heterocycles. The minimum absolute atomic E-state index is 0.0343. The monoisotopic (exact) mass is 230 g/mol. The van der Waals surface area contributed by atoms with E-state index < -0.39 is 6.10 Å². The molecule has 16 heavy (non-hydrogen) atoms. The molecule has 0 aromatic carbocycles. The Kier molecular flexibility index (Phi) is 4.70. The number of likely N-dealkylation sites (tertiary alicyclic amines) is 1. The zero-order valence-electron chi connectivity index (χ0n) is 10.4. The lowest BCUT2D eigenvalue weighted by atomic mass is 9.94. The molecule has 0 aliphatic carbocycles. The molecule has 2 atom stereocenters. The van der Waals surface area contributed by atoms with Crippen LogP contribution in [-0.4, -0.2) is 56.4 Å². The van der Waals surface area contributed by atoms with Crippen LogP contribution in [0.2, 0.25) is 0 Å². The van der Waals surface area contributed by atoms with Gasteiger partial charge in [-0.2, -0.15) is 0 Å². The van der Waals surface area contributed by atoms with Gasteiger partial charge in [-0.3, -0.25) is 4.79 Å². The molecule has 1 aliphatic rings. The second kappa shape index (κ2) is 5.61. The van der Waals surface area contributed by atoms with Crippen LogP contribution in [0.1, 0.15) is 19.8 Å². The highest BCUT2D eigenvalue weighted by Gasteiger charge is 2.35. The molecule has 2 N–H and O–H groups in total. The number of carbonyl (C=O) groups is 1. The molecule has 5 heteroatoms. The van der Waals surface area contributed by atoms with Crippen molar-refractivity contribution in [1.82, 2.24) is 4.90 Å². The number of ether oxygens (including phenoxy) is 2. The second-order valence-electron chi connectivity index (χ2n) is 4.48. The first kappa shape index (κ1) is 13.4. The van der Waals surface area contributed by atoms with Crippen molar-refractivity contribution in [3.63, 3.8) is 0 Å². The first-order valence-electron chi connectivity index (χ1n) is 5.63. The van der Waals surface area contributed by atoms with Crippen LogP contribution in [0.15, 0.2) is 0 Å². The Balaban J connectivity index is 2.63. The van der Waals surface area contributed by atoms with E-state index in [1.807, 2.05) is 6.92 Å². The maximum atomic E-state index is 12.0. The van der Waals surface area contributed by atoms with Gasteiger partial charge in [0.2, 0.25) is 0 Å². The predicted molar refractivity (Wildman–Crippen MR) is 61.1 cm³/mol. The number of nitrogens with zero attached hydrogens (tertiary/aromatic N) is 1. The summed E-state index contributed by atoms with van der Waals surface area (Å²) >= 11 is 0. The second-order valence-corrected chi connectivity index (χ2v) is 4.48. The molecule has 5 nitrogen and oxygen atoms in total. The van der Waals surface area contributed by atoms with Gasteiger partial charge in [0.15, 0.2) is 0 Å². The molecule has 1 aliphatic heterocycles. The van der Waals surface area contributed by atoms with Gasteiger partial charge in [-0.1, -0.05) is 0 Å². The average Bonchev–Trinajstić information content (AvgIpc) is 2.30. The van der Waals surface area contributed by atoms with Gasteiger partial charge >= 0.3 is 0 Å². The van der Waals surface area contributed by atoms with E-state index >= 15 is 0 Å². The first-order chi connectivity index (χ1) is 7.56. The predicted octanol–water partition coefficient (Wildman–Crippen LogP) is -0.0124. The highest BCUT2D eigenvalue weighted by molar-refractivity contribution is 5.81. The molecule has 1 rings (SSSR count). The van der Waals surface area contributed by atoms with Crippen molar-refractivity contribution < 1.29 is 14.3 Å². The van der Waals surface area contributed by atoms with E-state index in [9.17, 15) is 4.79 Å². The van der Waals surface area contributed by atoms with E-state index in [0.717, 1.165) is 19.4 Å². The molecule has 0 aromatic rings. The van der Waals surface area contributed by atoms with Crippen molar-refractivity contribution in [3.8, 4) is 0 Å². The molecular formula is C11H22N2O3. The zero-order chi connectivity index (χ0) is 12.2. The molecule has 2 unspecified atom stereocenters. The third-order valence-corrected chi connectivity index (χ3v) is 3.24. The molecule has 0 spiro atoms. The average molecular weight is 230 g/mol. The number of rotatable bonds is 4. The van der Waals surface area contributed by atoms with Gasteiger partial charge < -0.3 is 20.1 Å². The number of carbonyl (C=O) groups excluding carboxylic acids is 1. The van der Waals surface area contributed by atoms with Crippen LogP contribution < -0.4 is 5.73 Å². The third-order valence-electron chi connectivity index (χ3n) is 3.24. The fourth-order valence-electron chi connectivity index (χ4n) is 2.06. The van der Waals surface area contributed by atoms with Crippen molar-refractivity contribution in [3.05, 3.63) is 0 Å². The van der Waals surface area contributed by atoms with Gasteiger partial charge in [0, 0.05) is 33.9 Å². The normalized spacial score (nSPS) is 27.9. The highest BCUT2D eigenvalue weighted by atomic mass is 16.5. The van der Waals surface area contributed by atoms with E-state index in [1.54, 1.807) is 12.0 Å². The number of hydrogen-bond donors (Lipinski definition) is 1. The summed E-state index contributed by atoms with van der Waals surface area (Å²) in [5.74, 6) is -0.0343. The van der Waals surface area contributed by atoms with Gasteiger partial charge in [-0.05, 0) is 19.8 Å². The topological polar surface area (TPSA) is 64.8 Å². The third kappa shape index (κ3) is 2.93. The summed E-state index contributed by atoms with van der Waals surface area (Å²) in [4.78, 5) is 13.8. The van der Waals surface area contributed by atoms with Crippen LogP contribution in [0.4, 0.5) is 0 Å². The molecule has 1 fully saturated rings. The summed E-state index contributed by atoms with van der Waals surface area (Å²) < 4.78 is 10.5. The van der Waals surface area contributed by atoms with Crippen LogP contribution >= 0.6 is 0 Å². The van der Waals surface area contributed by atoms with Crippen LogP contribution in [0.5, 0.6) is 0 Å². The zero-order valence-corrected chi connectivity index (χ0v) is 10.4. The minimum atomic E-state index is -0.529. The smallest absolute Gasteiger partial charge is 0.253 e. The van der Waals surface area contributed by atoms with E-state index in [-0.39, 0.29) is 18.1 Å². The Bertz CT molecular complexity index is 243. The lowest BCUT2D eigenvalue weighted by molar-refractivity contribution is -0.149. The molecule has 94 valence electrons. The molecular weight excluding hydrogens is 208 g/mol. The molecule has 1 amide bonds. The van der Waals surface area contributed by atoms with Gasteiger partial charge in [0.25, 0.3) is 5.91 Å². The highest BCUT2D eigenvalue weighted by Crippen LogP contribution is 2.24. The van der Waals surface area contributed by atoms with Crippen molar-refractivity contribution in [2.24, 2.45) is 5.73 Å². The standard InChI is InChI=1S/C11H22N2O3/c1-11(16-3)5-4-6-13(8-11)10(14)9(7-12)15-2/h9H,4-8,12H2,1-3H3. The summed E-state index contributed by atoms with van der Waals surface area (Å²) in [6.07, 6.45) is 1.41. The summed E-state index contributed by atoms with van der Waals surface area (Å²) in [5, 5.41) is 0. The molecule has 0 saturated carbocycles. The first-order valence-corrected chi connectivity index (χ1v) is 5.63. The molecule has 1 heterocycles. The van der Waals surface area contributed by atoms with Crippen molar-refractivity contribution in [1.29, 1.82) is 0 Å². The lowest BCUT2D eigenvalue weighted by Gasteiger charge is -2.40. The van der Waals surface area contributed by atoms with Crippen molar-refractivity contribution >= 4 is 5.91 Å². The van der Waals surface area contributed by atoms with Crippen LogP contribution in [0, 0.1) is 0 Å².